The number of methoxy groups -OCH3 is 1. The van der Waals surface area contributed by atoms with Gasteiger partial charge in [-0.2, -0.15) is 0 Å². The highest BCUT2D eigenvalue weighted by molar-refractivity contribution is 8.00. The van der Waals surface area contributed by atoms with Crippen molar-refractivity contribution in [3.05, 3.63) is 54.6 Å². The van der Waals surface area contributed by atoms with Crippen LogP contribution in [0.3, 0.4) is 0 Å². The van der Waals surface area contributed by atoms with Gasteiger partial charge in [-0.3, -0.25) is 9.59 Å². The van der Waals surface area contributed by atoms with Crippen molar-refractivity contribution in [2.24, 2.45) is 0 Å². The minimum Gasteiger partial charge on any atom is -0.469 e. The summed E-state index contributed by atoms with van der Waals surface area (Å²) in [5.41, 5.74) is 2.83. The number of thioether (sulfide) groups is 1. The monoisotopic (exact) mass is 343 g/mol. The predicted octanol–water partition coefficient (Wildman–Crippen LogP) is 3.98. The summed E-state index contributed by atoms with van der Waals surface area (Å²) in [5, 5.41) is 2.73. The first kappa shape index (κ1) is 18.1. The van der Waals surface area contributed by atoms with Gasteiger partial charge in [0.25, 0.3) is 0 Å². The minimum atomic E-state index is -0.260. The van der Waals surface area contributed by atoms with Crippen molar-refractivity contribution in [1.29, 1.82) is 0 Å². The Bertz CT molecular complexity index is 688. The van der Waals surface area contributed by atoms with Crippen LogP contribution in [0.1, 0.15) is 13.3 Å². The molecule has 1 atom stereocenters. The highest BCUT2D eigenvalue weighted by Gasteiger charge is 2.16. The molecule has 2 rings (SSSR count). The maximum Gasteiger partial charge on any atom is 0.306 e. The van der Waals surface area contributed by atoms with Gasteiger partial charge < -0.3 is 10.1 Å². The van der Waals surface area contributed by atoms with E-state index in [1.54, 1.807) is 0 Å². The molecule has 0 aliphatic heterocycles. The molecule has 1 N–H and O–H groups in total. The summed E-state index contributed by atoms with van der Waals surface area (Å²) in [7, 11) is 1.36. The van der Waals surface area contributed by atoms with Crippen molar-refractivity contribution in [2.45, 2.75) is 18.6 Å². The van der Waals surface area contributed by atoms with E-state index in [1.165, 1.54) is 18.9 Å². The van der Waals surface area contributed by atoms with Crippen LogP contribution in [-0.2, 0) is 14.3 Å². The largest absolute Gasteiger partial charge is 0.469 e. The van der Waals surface area contributed by atoms with Crippen molar-refractivity contribution in [2.75, 3.05) is 18.2 Å². The molecular formula is C19H21NO3S. The van der Waals surface area contributed by atoms with E-state index in [9.17, 15) is 9.59 Å². The summed E-state index contributed by atoms with van der Waals surface area (Å²) in [6.45, 7) is 1.84. The number of para-hydroxylation sites is 1. The van der Waals surface area contributed by atoms with Gasteiger partial charge in [0.15, 0.2) is 0 Å². The second-order valence-electron chi connectivity index (χ2n) is 5.24. The Kier molecular flexibility index (Phi) is 6.88. The van der Waals surface area contributed by atoms with Gasteiger partial charge in [0.1, 0.15) is 0 Å². The Hall–Kier alpha value is -2.27. The molecule has 0 fully saturated rings. The first-order valence-corrected chi connectivity index (χ1v) is 8.80. The number of anilines is 1. The minimum absolute atomic E-state index is 0.0757. The Morgan fingerprint density at radius 3 is 2.46 bits per heavy atom. The number of carbonyl (C=O) groups excluding carboxylic acids is 2. The third kappa shape index (κ3) is 5.13. The first-order valence-electron chi connectivity index (χ1n) is 7.75. The maximum absolute atomic E-state index is 12.4. The predicted molar refractivity (Wildman–Crippen MR) is 99.1 cm³/mol. The molecule has 0 radical (unpaired) electrons. The summed E-state index contributed by atoms with van der Waals surface area (Å²) in [4.78, 5) is 23.5. The summed E-state index contributed by atoms with van der Waals surface area (Å²) in [5.74, 6) is 0.222. The number of carbonyl (C=O) groups is 2. The molecule has 0 heterocycles. The van der Waals surface area contributed by atoms with Gasteiger partial charge in [0.2, 0.25) is 5.91 Å². The van der Waals surface area contributed by atoms with Crippen molar-refractivity contribution >= 4 is 29.3 Å². The molecule has 2 aromatic rings. The van der Waals surface area contributed by atoms with Crippen LogP contribution in [0.5, 0.6) is 0 Å². The van der Waals surface area contributed by atoms with E-state index in [-0.39, 0.29) is 17.1 Å². The molecule has 0 saturated heterocycles. The highest BCUT2D eigenvalue weighted by atomic mass is 32.2. The number of amides is 1. The van der Waals surface area contributed by atoms with E-state index in [2.05, 4.69) is 10.1 Å². The molecule has 0 unspecified atom stereocenters. The normalized spacial score (nSPS) is 11.6. The van der Waals surface area contributed by atoms with Gasteiger partial charge in [0.05, 0.1) is 18.8 Å². The number of esters is 1. The lowest BCUT2D eigenvalue weighted by Gasteiger charge is -2.15. The fourth-order valence-corrected chi connectivity index (χ4v) is 3.04. The average molecular weight is 343 g/mol. The zero-order chi connectivity index (χ0) is 17.4. The Morgan fingerprint density at radius 1 is 1.08 bits per heavy atom. The SMILES string of the molecule is COC(=O)CCS[C@H](C)C(=O)Nc1ccccc1-c1ccccc1. The number of hydrogen-bond donors (Lipinski definition) is 1. The van der Waals surface area contributed by atoms with Crippen molar-refractivity contribution < 1.29 is 14.3 Å². The lowest BCUT2D eigenvalue weighted by atomic mass is 10.0. The van der Waals surface area contributed by atoms with E-state index in [0.29, 0.717) is 12.2 Å². The Morgan fingerprint density at radius 2 is 1.75 bits per heavy atom. The molecule has 2 aromatic carbocycles. The van der Waals surface area contributed by atoms with Crippen LogP contribution < -0.4 is 5.32 Å². The molecule has 0 aliphatic rings. The highest BCUT2D eigenvalue weighted by Crippen LogP contribution is 2.28. The molecule has 5 heteroatoms. The smallest absolute Gasteiger partial charge is 0.306 e. The maximum atomic E-state index is 12.4. The van der Waals surface area contributed by atoms with Crippen molar-refractivity contribution in [3.8, 4) is 11.1 Å². The summed E-state index contributed by atoms with van der Waals surface area (Å²) in [6, 6.07) is 17.7. The van der Waals surface area contributed by atoms with E-state index < -0.39 is 0 Å². The third-order valence-corrected chi connectivity index (χ3v) is 4.69. The summed E-state index contributed by atoms with van der Waals surface area (Å²) in [6.07, 6.45) is 0.305. The van der Waals surface area contributed by atoms with Crippen LogP contribution in [0, 0.1) is 0 Å². The zero-order valence-electron chi connectivity index (χ0n) is 13.8. The molecule has 24 heavy (non-hydrogen) atoms. The van der Waals surface area contributed by atoms with E-state index in [1.807, 2.05) is 61.5 Å². The van der Waals surface area contributed by atoms with Crippen molar-refractivity contribution in [3.63, 3.8) is 0 Å². The van der Waals surface area contributed by atoms with E-state index in [0.717, 1.165) is 16.8 Å². The molecule has 4 nitrogen and oxygen atoms in total. The molecule has 0 spiro atoms. The molecule has 0 bridgehead atoms. The Labute approximate surface area is 146 Å². The molecular weight excluding hydrogens is 322 g/mol. The first-order chi connectivity index (χ1) is 11.6. The molecule has 0 saturated carbocycles. The number of rotatable bonds is 7. The van der Waals surface area contributed by atoms with Gasteiger partial charge in [0, 0.05) is 17.0 Å². The lowest BCUT2D eigenvalue weighted by Crippen LogP contribution is -2.23. The number of hydrogen-bond acceptors (Lipinski definition) is 4. The molecule has 126 valence electrons. The van der Waals surface area contributed by atoms with E-state index >= 15 is 0 Å². The zero-order valence-corrected chi connectivity index (χ0v) is 14.6. The van der Waals surface area contributed by atoms with Crippen molar-refractivity contribution in [1.82, 2.24) is 0 Å². The standard InChI is InChI=1S/C19H21NO3S/c1-14(24-13-12-18(21)23-2)19(22)20-17-11-7-6-10-16(17)15-8-4-3-5-9-15/h3-11,14H,12-13H2,1-2H3,(H,20,22)/t14-/m1/s1. The Balaban J connectivity index is 2.00. The van der Waals surface area contributed by atoms with Crippen LogP contribution in [0.2, 0.25) is 0 Å². The fraction of sp³-hybridized carbons (Fsp3) is 0.263. The number of nitrogens with one attached hydrogen (secondary N) is 1. The van der Waals surface area contributed by atoms with Crippen LogP contribution >= 0.6 is 11.8 Å². The van der Waals surface area contributed by atoms with Gasteiger partial charge >= 0.3 is 5.97 Å². The fourth-order valence-electron chi connectivity index (χ4n) is 2.19. The van der Waals surface area contributed by atoms with Crippen LogP contribution in [-0.4, -0.2) is 30.0 Å². The molecule has 0 aromatic heterocycles. The van der Waals surface area contributed by atoms with Gasteiger partial charge in [-0.15, -0.1) is 11.8 Å². The molecule has 0 aliphatic carbocycles. The van der Waals surface area contributed by atoms with Gasteiger partial charge in [-0.1, -0.05) is 48.5 Å². The lowest BCUT2D eigenvalue weighted by molar-refractivity contribution is -0.140. The summed E-state index contributed by atoms with van der Waals surface area (Å²) >= 11 is 1.44. The molecule has 1 amide bonds. The second kappa shape index (κ2) is 9.13. The number of ether oxygens (including phenoxy) is 1. The summed E-state index contributed by atoms with van der Waals surface area (Å²) < 4.78 is 4.60. The van der Waals surface area contributed by atoms with Crippen LogP contribution in [0.15, 0.2) is 54.6 Å². The second-order valence-corrected chi connectivity index (χ2v) is 6.69. The average Bonchev–Trinajstić information content (AvgIpc) is 2.62. The van der Waals surface area contributed by atoms with E-state index in [4.69, 9.17) is 0 Å². The third-order valence-electron chi connectivity index (χ3n) is 3.54. The van der Waals surface area contributed by atoms with Gasteiger partial charge in [-0.25, -0.2) is 0 Å². The van der Waals surface area contributed by atoms with Crippen LogP contribution in [0.25, 0.3) is 11.1 Å². The van der Waals surface area contributed by atoms with Crippen LogP contribution in [0.4, 0.5) is 5.69 Å². The van der Waals surface area contributed by atoms with Gasteiger partial charge in [-0.05, 0) is 18.6 Å². The quantitative estimate of drug-likeness (QED) is 0.773. The number of benzene rings is 2. The topological polar surface area (TPSA) is 55.4 Å².